The zero-order chi connectivity index (χ0) is 11.5. The molecule has 1 aromatic rings. The number of hydrogen-bond donors (Lipinski definition) is 2. The van der Waals surface area contributed by atoms with Gasteiger partial charge < -0.3 is 10.0 Å². The number of carbonyl (C=O) groups excluding carboxylic acids is 1. The molecule has 0 saturated carbocycles. The molecule has 0 radical (unpaired) electrons. The molecule has 1 heterocycles. The summed E-state index contributed by atoms with van der Waals surface area (Å²) < 4.78 is 0. The average Bonchev–Trinajstić information content (AvgIpc) is 2.71. The van der Waals surface area contributed by atoms with Crippen molar-refractivity contribution in [3.8, 4) is 0 Å². The Morgan fingerprint density at radius 2 is 2.06 bits per heavy atom. The van der Waals surface area contributed by atoms with Crippen LogP contribution in [0, 0.1) is 5.92 Å². The number of rotatable bonds is 3. The molecule has 1 fully saturated rings. The molecule has 0 aliphatic carbocycles. The van der Waals surface area contributed by atoms with Crippen LogP contribution in [-0.4, -0.2) is 23.3 Å². The molecule has 16 heavy (non-hydrogen) atoms. The fourth-order valence-electron chi connectivity index (χ4n) is 1.93. The van der Waals surface area contributed by atoms with E-state index >= 15 is 0 Å². The van der Waals surface area contributed by atoms with Gasteiger partial charge in [-0.25, -0.2) is 0 Å². The summed E-state index contributed by atoms with van der Waals surface area (Å²) in [6, 6.07) is 7.45. The second kappa shape index (κ2) is 4.89. The van der Waals surface area contributed by atoms with Gasteiger partial charge in [0.1, 0.15) is 0 Å². The van der Waals surface area contributed by atoms with Gasteiger partial charge in [0.2, 0.25) is 5.91 Å². The Morgan fingerprint density at radius 1 is 1.38 bits per heavy atom. The summed E-state index contributed by atoms with van der Waals surface area (Å²) in [4.78, 5) is 13.5. The minimum atomic E-state index is 0.0352. The van der Waals surface area contributed by atoms with Gasteiger partial charge in [-0.15, -0.1) is 0 Å². The first-order valence-electron chi connectivity index (χ1n) is 5.35. The van der Waals surface area contributed by atoms with Gasteiger partial charge in [0.25, 0.3) is 0 Å². The van der Waals surface area contributed by atoms with E-state index in [0.29, 0.717) is 12.3 Å². The Labute approximate surface area is 100 Å². The van der Waals surface area contributed by atoms with Crippen LogP contribution in [0.4, 0.5) is 5.69 Å². The first-order valence-corrected chi connectivity index (χ1v) is 5.99. The summed E-state index contributed by atoms with van der Waals surface area (Å²) in [5.41, 5.74) is 1.77. The van der Waals surface area contributed by atoms with Gasteiger partial charge >= 0.3 is 0 Å². The molecule has 0 bridgehead atoms. The topological polar surface area (TPSA) is 40.5 Å². The minimum Gasteiger partial charge on any atom is -0.392 e. The van der Waals surface area contributed by atoms with Crippen molar-refractivity contribution < 1.29 is 9.90 Å². The smallest absolute Gasteiger partial charge is 0.227 e. The molecule has 2 rings (SSSR count). The van der Waals surface area contributed by atoms with Crippen LogP contribution < -0.4 is 4.90 Å². The van der Waals surface area contributed by atoms with Crippen molar-refractivity contribution in [2.45, 2.75) is 13.0 Å². The lowest BCUT2D eigenvalue weighted by Crippen LogP contribution is -2.24. The van der Waals surface area contributed by atoms with Crippen molar-refractivity contribution >= 4 is 24.2 Å². The Balaban J connectivity index is 2.15. The predicted molar refractivity (Wildman–Crippen MR) is 66.7 cm³/mol. The first kappa shape index (κ1) is 11.5. The van der Waals surface area contributed by atoms with Crippen LogP contribution in [0.15, 0.2) is 24.3 Å². The molecule has 1 atom stereocenters. The third-order valence-electron chi connectivity index (χ3n) is 2.89. The number of amides is 1. The number of carbonyl (C=O) groups is 1. The molecule has 0 spiro atoms. The van der Waals surface area contributed by atoms with Gasteiger partial charge in [-0.2, -0.15) is 12.6 Å². The molecule has 1 N–H and O–H groups in total. The highest BCUT2D eigenvalue weighted by Gasteiger charge is 2.29. The summed E-state index contributed by atoms with van der Waals surface area (Å²) in [7, 11) is 0. The summed E-state index contributed by atoms with van der Waals surface area (Å²) in [5, 5.41) is 8.94. The molecular formula is C12H15NO2S. The quantitative estimate of drug-likeness (QED) is 0.781. The normalized spacial score (nSPS) is 20.5. The van der Waals surface area contributed by atoms with Crippen LogP contribution >= 0.6 is 12.6 Å². The van der Waals surface area contributed by atoms with Crippen molar-refractivity contribution in [2.24, 2.45) is 5.92 Å². The standard InChI is InChI=1S/C12H15NO2S/c14-7-9-1-3-11(4-2-9)13-6-10(8-16)5-12(13)15/h1-4,10,14,16H,5-8H2. The molecule has 1 aliphatic rings. The molecule has 86 valence electrons. The summed E-state index contributed by atoms with van der Waals surface area (Å²) in [6.07, 6.45) is 0.589. The van der Waals surface area contributed by atoms with Crippen LogP contribution in [0.2, 0.25) is 0 Å². The highest BCUT2D eigenvalue weighted by Crippen LogP contribution is 2.25. The Kier molecular flexibility index (Phi) is 3.51. The van der Waals surface area contributed by atoms with E-state index in [0.717, 1.165) is 23.5 Å². The molecule has 1 aromatic carbocycles. The van der Waals surface area contributed by atoms with Gasteiger partial charge in [0.15, 0.2) is 0 Å². The van der Waals surface area contributed by atoms with Gasteiger partial charge in [-0.1, -0.05) is 12.1 Å². The number of nitrogens with zero attached hydrogens (tertiary/aromatic N) is 1. The average molecular weight is 237 g/mol. The van der Waals surface area contributed by atoms with Gasteiger partial charge in [0.05, 0.1) is 6.61 Å². The van der Waals surface area contributed by atoms with Crippen molar-refractivity contribution in [3.63, 3.8) is 0 Å². The highest BCUT2D eigenvalue weighted by atomic mass is 32.1. The van der Waals surface area contributed by atoms with Crippen LogP contribution in [0.5, 0.6) is 0 Å². The van der Waals surface area contributed by atoms with E-state index in [1.165, 1.54) is 0 Å². The van der Waals surface area contributed by atoms with Gasteiger partial charge in [-0.05, 0) is 29.4 Å². The lowest BCUT2D eigenvalue weighted by atomic mass is 10.1. The fourth-order valence-corrected chi connectivity index (χ4v) is 2.18. The maximum absolute atomic E-state index is 11.7. The van der Waals surface area contributed by atoms with E-state index < -0.39 is 0 Å². The molecule has 3 nitrogen and oxygen atoms in total. The number of aliphatic hydroxyl groups is 1. The lowest BCUT2D eigenvalue weighted by molar-refractivity contribution is -0.117. The monoisotopic (exact) mass is 237 g/mol. The Hall–Kier alpha value is -1.00. The summed E-state index contributed by atoms with van der Waals surface area (Å²) >= 11 is 4.23. The molecule has 1 unspecified atom stereocenters. The zero-order valence-electron chi connectivity index (χ0n) is 8.97. The minimum absolute atomic E-state index is 0.0352. The van der Waals surface area contributed by atoms with Crippen molar-refractivity contribution in [2.75, 3.05) is 17.2 Å². The maximum Gasteiger partial charge on any atom is 0.227 e. The van der Waals surface area contributed by atoms with E-state index in [1.54, 1.807) is 4.90 Å². The number of anilines is 1. The maximum atomic E-state index is 11.7. The number of hydrogen-bond acceptors (Lipinski definition) is 3. The predicted octanol–water partition coefficient (Wildman–Crippen LogP) is 1.46. The van der Waals surface area contributed by atoms with Crippen molar-refractivity contribution in [3.05, 3.63) is 29.8 Å². The largest absolute Gasteiger partial charge is 0.392 e. The second-order valence-electron chi connectivity index (χ2n) is 4.08. The SMILES string of the molecule is O=C1CC(CS)CN1c1ccc(CO)cc1. The number of benzene rings is 1. The Bertz CT molecular complexity index is 377. The van der Waals surface area contributed by atoms with Gasteiger partial charge in [-0.3, -0.25) is 4.79 Å². The molecular weight excluding hydrogens is 222 g/mol. The first-order chi connectivity index (χ1) is 7.74. The van der Waals surface area contributed by atoms with Gasteiger partial charge in [0, 0.05) is 18.7 Å². The van der Waals surface area contributed by atoms with Crippen molar-refractivity contribution in [1.82, 2.24) is 0 Å². The number of thiol groups is 1. The van der Waals surface area contributed by atoms with E-state index in [1.807, 2.05) is 24.3 Å². The van der Waals surface area contributed by atoms with Crippen LogP contribution in [0.1, 0.15) is 12.0 Å². The molecule has 0 aromatic heterocycles. The third kappa shape index (κ3) is 2.23. The van der Waals surface area contributed by atoms with Crippen LogP contribution in [-0.2, 0) is 11.4 Å². The van der Waals surface area contributed by atoms with E-state index in [-0.39, 0.29) is 12.5 Å². The van der Waals surface area contributed by atoms with Crippen molar-refractivity contribution in [1.29, 1.82) is 0 Å². The molecule has 1 saturated heterocycles. The summed E-state index contributed by atoms with van der Waals surface area (Å²) in [6.45, 7) is 0.786. The molecule has 1 aliphatic heterocycles. The van der Waals surface area contributed by atoms with Crippen LogP contribution in [0.3, 0.4) is 0 Å². The van der Waals surface area contributed by atoms with Crippen LogP contribution in [0.25, 0.3) is 0 Å². The highest BCUT2D eigenvalue weighted by molar-refractivity contribution is 7.80. The number of aliphatic hydroxyl groups excluding tert-OH is 1. The zero-order valence-corrected chi connectivity index (χ0v) is 9.86. The lowest BCUT2D eigenvalue weighted by Gasteiger charge is -2.16. The second-order valence-corrected chi connectivity index (χ2v) is 4.45. The Morgan fingerprint density at radius 3 is 2.56 bits per heavy atom. The fraction of sp³-hybridized carbons (Fsp3) is 0.417. The molecule has 4 heteroatoms. The third-order valence-corrected chi connectivity index (χ3v) is 3.41. The van der Waals surface area contributed by atoms with E-state index in [2.05, 4.69) is 12.6 Å². The van der Waals surface area contributed by atoms with E-state index in [9.17, 15) is 4.79 Å². The molecule has 1 amide bonds. The summed E-state index contributed by atoms with van der Waals surface area (Å²) in [5.74, 6) is 1.26. The van der Waals surface area contributed by atoms with E-state index in [4.69, 9.17) is 5.11 Å².